The van der Waals surface area contributed by atoms with Crippen LogP contribution in [-0.4, -0.2) is 5.97 Å². The van der Waals surface area contributed by atoms with Gasteiger partial charge in [-0.15, -0.1) is 0 Å². The van der Waals surface area contributed by atoms with E-state index < -0.39 is 5.97 Å². The predicted molar refractivity (Wildman–Crippen MR) is 67.3 cm³/mol. The van der Waals surface area contributed by atoms with E-state index in [9.17, 15) is 4.79 Å². The number of hydrogen-bond acceptors (Lipinski definition) is 3. The van der Waals surface area contributed by atoms with Gasteiger partial charge in [-0.1, -0.05) is 18.2 Å². The van der Waals surface area contributed by atoms with Gasteiger partial charge in [0.15, 0.2) is 0 Å². The second kappa shape index (κ2) is 5.15. The summed E-state index contributed by atoms with van der Waals surface area (Å²) in [4.78, 5) is 11.9. The van der Waals surface area contributed by atoms with E-state index in [0.717, 1.165) is 5.56 Å². The van der Waals surface area contributed by atoms with Crippen LogP contribution in [0.15, 0.2) is 48.5 Å². The van der Waals surface area contributed by atoms with Gasteiger partial charge in [0.05, 0.1) is 17.2 Å². The Morgan fingerprint density at radius 2 is 1.78 bits per heavy atom. The highest BCUT2D eigenvalue weighted by atomic mass is 16.5. The number of hydrogen-bond donors (Lipinski definition) is 0. The highest BCUT2D eigenvalue weighted by molar-refractivity contribution is 5.91. The Balaban J connectivity index is 2.17. The molecule has 0 radical (unpaired) electrons. The number of nitrogens with zero attached hydrogens (tertiary/aromatic N) is 1. The fourth-order valence-electron chi connectivity index (χ4n) is 1.51. The lowest BCUT2D eigenvalue weighted by atomic mass is 10.1. The third-order valence-electron chi connectivity index (χ3n) is 2.55. The topological polar surface area (TPSA) is 50.1 Å². The summed E-state index contributed by atoms with van der Waals surface area (Å²) in [6, 6.07) is 15.7. The fourth-order valence-corrected chi connectivity index (χ4v) is 1.51. The Kier molecular flexibility index (Phi) is 3.40. The van der Waals surface area contributed by atoms with Crippen molar-refractivity contribution in [3.8, 4) is 11.8 Å². The molecule has 0 aliphatic carbocycles. The molecule has 0 fully saturated rings. The molecule has 2 rings (SSSR count). The monoisotopic (exact) mass is 237 g/mol. The lowest BCUT2D eigenvalue weighted by Crippen LogP contribution is -2.09. The molecule has 0 saturated heterocycles. The quantitative estimate of drug-likeness (QED) is 0.595. The number of ether oxygens (including phenoxy) is 1. The predicted octanol–water partition coefficient (Wildman–Crippen LogP) is 3.09. The molecule has 2 aromatic carbocycles. The van der Waals surface area contributed by atoms with E-state index >= 15 is 0 Å². The maximum absolute atomic E-state index is 11.9. The molecule has 3 heteroatoms. The van der Waals surface area contributed by atoms with Crippen molar-refractivity contribution in [3.05, 3.63) is 65.2 Å². The minimum Gasteiger partial charge on any atom is -0.423 e. The zero-order chi connectivity index (χ0) is 13.0. The largest absolute Gasteiger partial charge is 0.423 e. The molecule has 0 aliphatic heterocycles. The zero-order valence-corrected chi connectivity index (χ0v) is 9.88. The molecule has 88 valence electrons. The van der Waals surface area contributed by atoms with Crippen LogP contribution in [0.25, 0.3) is 0 Å². The first-order valence-electron chi connectivity index (χ1n) is 5.48. The van der Waals surface area contributed by atoms with Crippen LogP contribution in [0.3, 0.4) is 0 Å². The second-order valence-electron chi connectivity index (χ2n) is 3.84. The third-order valence-corrected chi connectivity index (χ3v) is 2.55. The highest BCUT2D eigenvalue weighted by Gasteiger charge is 2.09. The molecule has 0 bridgehead atoms. The summed E-state index contributed by atoms with van der Waals surface area (Å²) >= 11 is 0. The Morgan fingerprint density at radius 1 is 1.11 bits per heavy atom. The summed E-state index contributed by atoms with van der Waals surface area (Å²) in [6.45, 7) is 1.88. The van der Waals surface area contributed by atoms with Gasteiger partial charge < -0.3 is 4.74 Å². The number of benzene rings is 2. The highest BCUT2D eigenvalue weighted by Crippen LogP contribution is 2.18. The third kappa shape index (κ3) is 2.55. The van der Waals surface area contributed by atoms with Crippen molar-refractivity contribution in [1.29, 1.82) is 5.26 Å². The molecule has 0 aromatic heterocycles. The van der Waals surface area contributed by atoms with Gasteiger partial charge in [-0.3, -0.25) is 0 Å². The molecule has 2 aromatic rings. The van der Waals surface area contributed by atoms with Gasteiger partial charge in [-0.05, 0) is 42.8 Å². The van der Waals surface area contributed by atoms with Crippen LogP contribution in [0.2, 0.25) is 0 Å². The smallest absolute Gasteiger partial charge is 0.343 e. The van der Waals surface area contributed by atoms with E-state index in [1.54, 1.807) is 30.3 Å². The Bertz CT molecular complexity index is 609. The van der Waals surface area contributed by atoms with E-state index in [0.29, 0.717) is 16.9 Å². The average molecular weight is 237 g/mol. The first kappa shape index (κ1) is 11.9. The van der Waals surface area contributed by atoms with E-state index in [1.807, 2.05) is 31.2 Å². The molecular formula is C15H11NO2. The molecule has 0 N–H and O–H groups in total. The van der Waals surface area contributed by atoms with Gasteiger partial charge in [0, 0.05) is 0 Å². The summed E-state index contributed by atoms with van der Waals surface area (Å²) in [5.41, 5.74) is 1.85. The van der Waals surface area contributed by atoms with Gasteiger partial charge in [-0.25, -0.2) is 4.79 Å². The van der Waals surface area contributed by atoms with E-state index in [-0.39, 0.29) is 0 Å². The van der Waals surface area contributed by atoms with Crippen LogP contribution < -0.4 is 4.74 Å². The standard InChI is InChI=1S/C15H11NO2/c1-11-4-2-3-5-14(11)18-15(17)13-8-6-12(10-16)7-9-13/h2-9H,1H3. The average Bonchev–Trinajstić information content (AvgIpc) is 2.41. The number of rotatable bonds is 2. The molecule has 0 spiro atoms. The molecule has 0 atom stereocenters. The minimum atomic E-state index is -0.422. The molecule has 0 heterocycles. The summed E-state index contributed by atoms with van der Waals surface area (Å²) in [6.07, 6.45) is 0. The number of nitriles is 1. The normalized spacial score (nSPS) is 9.56. The SMILES string of the molecule is Cc1ccccc1OC(=O)c1ccc(C#N)cc1. The second-order valence-corrected chi connectivity index (χ2v) is 3.84. The number of aryl methyl sites for hydroxylation is 1. The number of para-hydroxylation sites is 1. The van der Waals surface area contributed by atoms with Crippen molar-refractivity contribution in [1.82, 2.24) is 0 Å². The maximum atomic E-state index is 11.9. The van der Waals surface area contributed by atoms with E-state index in [1.165, 1.54) is 0 Å². The summed E-state index contributed by atoms with van der Waals surface area (Å²) in [5.74, 6) is 0.126. The zero-order valence-electron chi connectivity index (χ0n) is 9.88. The summed E-state index contributed by atoms with van der Waals surface area (Å²) in [7, 11) is 0. The number of carbonyl (C=O) groups is 1. The van der Waals surface area contributed by atoms with Gasteiger partial charge in [0.25, 0.3) is 0 Å². The fraction of sp³-hybridized carbons (Fsp3) is 0.0667. The molecule has 18 heavy (non-hydrogen) atoms. The Labute approximate surface area is 105 Å². The van der Waals surface area contributed by atoms with Crippen molar-refractivity contribution in [2.24, 2.45) is 0 Å². The van der Waals surface area contributed by atoms with Gasteiger partial charge in [-0.2, -0.15) is 5.26 Å². The van der Waals surface area contributed by atoms with Crippen molar-refractivity contribution in [3.63, 3.8) is 0 Å². The molecule has 0 aliphatic rings. The van der Waals surface area contributed by atoms with Crippen molar-refractivity contribution in [2.45, 2.75) is 6.92 Å². The Morgan fingerprint density at radius 3 is 2.39 bits per heavy atom. The van der Waals surface area contributed by atoms with Crippen molar-refractivity contribution >= 4 is 5.97 Å². The number of carbonyl (C=O) groups excluding carboxylic acids is 1. The lowest BCUT2D eigenvalue weighted by Gasteiger charge is -2.06. The molecule has 3 nitrogen and oxygen atoms in total. The molecule has 0 unspecified atom stereocenters. The van der Waals surface area contributed by atoms with Gasteiger partial charge in [0.2, 0.25) is 0 Å². The van der Waals surface area contributed by atoms with Crippen molar-refractivity contribution in [2.75, 3.05) is 0 Å². The van der Waals surface area contributed by atoms with Gasteiger partial charge in [0.1, 0.15) is 5.75 Å². The van der Waals surface area contributed by atoms with Crippen molar-refractivity contribution < 1.29 is 9.53 Å². The number of esters is 1. The first-order valence-corrected chi connectivity index (χ1v) is 5.48. The summed E-state index contributed by atoms with van der Waals surface area (Å²) < 4.78 is 5.28. The van der Waals surface area contributed by atoms with Crippen LogP contribution in [0.1, 0.15) is 21.5 Å². The van der Waals surface area contributed by atoms with Crippen LogP contribution in [0, 0.1) is 18.3 Å². The molecule has 0 amide bonds. The Hall–Kier alpha value is -2.60. The van der Waals surface area contributed by atoms with Crippen LogP contribution in [0.5, 0.6) is 5.75 Å². The van der Waals surface area contributed by atoms with Gasteiger partial charge >= 0.3 is 5.97 Å². The maximum Gasteiger partial charge on any atom is 0.343 e. The van der Waals surface area contributed by atoms with Crippen LogP contribution in [-0.2, 0) is 0 Å². The van der Waals surface area contributed by atoms with Crippen LogP contribution in [0.4, 0.5) is 0 Å². The molecule has 0 saturated carbocycles. The summed E-state index contributed by atoms with van der Waals surface area (Å²) in [5, 5.41) is 8.67. The van der Waals surface area contributed by atoms with E-state index in [2.05, 4.69) is 0 Å². The molecular weight excluding hydrogens is 226 g/mol. The first-order chi connectivity index (χ1) is 8.70. The minimum absolute atomic E-state index is 0.422. The van der Waals surface area contributed by atoms with Crippen LogP contribution >= 0.6 is 0 Å². The van der Waals surface area contributed by atoms with E-state index in [4.69, 9.17) is 10.00 Å². The lowest BCUT2D eigenvalue weighted by molar-refractivity contribution is 0.0733.